The van der Waals surface area contributed by atoms with Gasteiger partial charge in [0, 0.05) is 30.0 Å². The van der Waals surface area contributed by atoms with Gasteiger partial charge in [-0.15, -0.1) is 0 Å². The maximum atomic E-state index is 12.4. The van der Waals surface area contributed by atoms with Crippen LogP contribution in [0, 0.1) is 6.92 Å². The summed E-state index contributed by atoms with van der Waals surface area (Å²) in [4.78, 5) is 27.4. The lowest BCUT2D eigenvalue weighted by molar-refractivity contribution is -0.121. The lowest BCUT2D eigenvalue weighted by Gasteiger charge is -2.10. The molecule has 6 heteroatoms. The molecule has 3 aromatic rings. The Labute approximate surface area is 163 Å². The molecule has 2 N–H and O–H groups in total. The van der Waals surface area contributed by atoms with Gasteiger partial charge in [-0.05, 0) is 31.0 Å². The van der Waals surface area contributed by atoms with E-state index in [0.717, 1.165) is 16.5 Å². The Bertz CT molecular complexity index is 1060. The van der Waals surface area contributed by atoms with Crippen LogP contribution in [-0.2, 0) is 17.8 Å². The highest BCUT2D eigenvalue weighted by atomic mass is 16.5. The molecule has 0 bridgehead atoms. The SMILES string of the molecule is COc1cc2cc(CCC(=O)NCc3cccc(C)c3)c(=O)[nH]c2cc1OC. The van der Waals surface area contributed by atoms with Gasteiger partial charge in [-0.25, -0.2) is 0 Å². The smallest absolute Gasteiger partial charge is 0.251 e. The van der Waals surface area contributed by atoms with Gasteiger partial charge in [-0.2, -0.15) is 0 Å². The Morgan fingerprint density at radius 1 is 1.07 bits per heavy atom. The average molecular weight is 380 g/mol. The first-order chi connectivity index (χ1) is 13.5. The number of amides is 1. The fraction of sp³-hybridized carbons (Fsp3) is 0.273. The predicted octanol–water partition coefficient (Wildman–Crippen LogP) is 3.10. The number of aromatic amines is 1. The minimum absolute atomic E-state index is 0.0895. The predicted molar refractivity (Wildman–Crippen MR) is 109 cm³/mol. The van der Waals surface area contributed by atoms with Crippen molar-refractivity contribution in [3.63, 3.8) is 0 Å². The van der Waals surface area contributed by atoms with Crippen LogP contribution in [0.15, 0.2) is 47.3 Å². The summed E-state index contributed by atoms with van der Waals surface area (Å²) in [5.74, 6) is 1.05. The fourth-order valence-electron chi connectivity index (χ4n) is 3.12. The number of H-pyrrole nitrogens is 1. The Morgan fingerprint density at radius 3 is 2.54 bits per heavy atom. The second-order valence-corrected chi connectivity index (χ2v) is 6.68. The third-order valence-corrected chi connectivity index (χ3v) is 4.62. The molecule has 0 aliphatic heterocycles. The molecule has 146 valence electrons. The minimum atomic E-state index is -0.203. The summed E-state index contributed by atoms with van der Waals surface area (Å²) in [5, 5.41) is 3.72. The summed E-state index contributed by atoms with van der Waals surface area (Å²) in [5.41, 5.74) is 3.23. The highest BCUT2D eigenvalue weighted by molar-refractivity contribution is 5.83. The van der Waals surface area contributed by atoms with Gasteiger partial charge >= 0.3 is 0 Å². The lowest BCUT2D eigenvalue weighted by Crippen LogP contribution is -2.24. The number of carbonyl (C=O) groups excluding carboxylic acids is 1. The highest BCUT2D eigenvalue weighted by Gasteiger charge is 2.10. The fourth-order valence-corrected chi connectivity index (χ4v) is 3.12. The second kappa shape index (κ2) is 8.61. The number of aryl methyl sites for hydroxylation is 2. The molecular weight excluding hydrogens is 356 g/mol. The van der Waals surface area contributed by atoms with Gasteiger partial charge in [-0.1, -0.05) is 29.8 Å². The zero-order chi connectivity index (χ0) is 20.1. The largest absolute Gasteiger partial charge is 0.493 e. The highest BCUT2D eigenvalue weighted by Crippen LogP contribution is 2.31. The van der Waals surface area contributed by atoms with Crippen molar-refractivity contribution < 1.29 is 14.3 Å². The van der Waals surface area contributed by atoms with Gasteiger partial charge in [0.2, 0.25) is 5.91 Å². The van der Waals surface area contributed by atoms with Gasteiger partial charge in [-0.3, -0.25) is 9.59 Å². The van der Waals surface area contributed by atoms with Crippen LogP contribution in [0.1, 0.15) is 23.1 Å². The molecule has 0 spiro atoms. The van der Waals surface area contributed by atoms with Crippen molar-refractivity contribution in [3.8, 4) is 11.5 Å². The van der Waals surface area contributed by atoms with Gasteiger partial charge in [0.25, 0.3) is 5.56 Å². The zero-order valence-electron chi connectivity index (χ0n) is 16.3. The van der Waals surface area contributed by atoms with Crippen LogP contribution in [-0.4, -0.2) is 25.1 Å². The number of nitrogens with one attached hydrogen (secondary N) is 2. The normalized spacial score (nSPS) is 10.7. The molecule has 6 nitrogen and oxygen atoms in total. The molecule has 0 unspecified atom stereocenters. The van der Waals surface area contributed by atoms with E-state index in [1.807, 2.05) is 37.3 Å². The molecule has 0 saturated heterocycles. The van der Waals surface area contributed by atoms with Crippen LogP contribution in [0.25, 0.3) is 10.9 Å². The summed E-state index contributed by atoms with van der Waals surface area (Å²) >= 11 is 0. The summed E-state index contributed by atoms with van der Waals surface area (Å²) in [6, 6.07) is 13.3. The molecule has 0 saturated carbocycles. The number of pyridine rings is 1. The number of hydrogen-bond donors (Lipinski definition) is 2. The van der Waals surface area contributed by atoms with Crippen molar-refractivity contribution in [2.75, 3.05) is 14.2 Å². The standard InChI is InChI=1S/C22H24N2O4/c1-14-5-4-6-15(9-14)13-23-21(25)8-7-16-10-17-11-19(27-2)20(28-3)12-18(17)24-22(16)26/h4-6,9-12H,7-8,13H2,1-3H3,(H,23,25)(H,24,26). The minimum Gasteiger partial charge on any atom is -0.493 e. The van der Waals surface area contributed by atoms with Gasteiger partial charge in [0.1, 0.15) is 0 Å². The Kier molecular flexibility index (Phi) is 5.99. The summed E-state index contributed by atoms with van der Waals surface area (Å²) < 4.78 is 10.6. The lowest BCUT2D eigenvalue weighted by atomic mass is 10.1. The van der Waals surface area contributed by atoms with Crippen molar-refractivity contribution in [1.29, 1.82) is 0 Å². The zero-order valence-corrected chi connectivity index (χ0v) is 16.3. The Morgan fingerprint density at radius 2 is 1.82 bits per heavy atom. The molecule has 0 radical (unpaired) electrons. The quantitative estimate of drug-likeness (QED) is 0.660. The van der Waals surface area contributed by atoms with Crippen molar-refractivity contribution >= 4 is 16.8 Å². The van der Waals surface area contributed by atoms with E-state index in [0.29, 0.717) is 35.5 Å². The van der Waals surface area contributed by atoms with Crippen molar-refractivity contribution in [1.82, 2.24) is 10.3 Å². The average Bonchev–Trinajstić information content (AvgIpc) is 2.69. The number of aromatic nitrogens is 1. The van der Waals surface area contributed by atoms with Gasteiger partial charge in [0.05, 0.1) is 19.7 Å². The van der Waals surface area contributed by atoms with E-state index in [1.165, 1.54) is 0 Å². The summed E-state index contributed by atoms with van der Waals surface area (Å²) in [6.45, 7) is 2.49. The first kappa shape index (κ1) is 19.5. The third kappa shape index (κ3) is 4.52. The van der Waals surface area contributed by atoms with E-state index in [9.17, 15) is 9.59 Å². The molecule has 1 aromatic heterocycles. The second-order valence-electron chi connectivity index (χ2n) is 6.68. The number of hydrogen-bond acceptors (Lipinski definition) is 4. The van der Waals surface area contributed by atoms with Crippen LogP contribution in [0.2, 0.25) is 0 Å². The third-order valence-electron chi connectivity index (χ3n) is 4.62. The first-order valence-electron chi connectivity index (χ1n) is 9.10. The van der Waals surface area contributed by atoms with Crippen molar-refractivity contribution in [2.45, 2.75) is 26.3 Å². The van der Waals surface area contributed by atoms with Crippen LogP contribution in [0.5, 0.6) is 11.5 Å². The van der Waals surface area contributed by atoms with Crippen LogP contribution < -0.4 is 20.3 Å². The molecule has 0 aliphatic carbocycles. The van der Waals surface area contributed by atoms with Gasteiger partial charge in [0.15, 0.2) is 11.5 Å². The monoisotopic (exact) mass is 380 g/mol. The molecule has 0 fully saturated rings. The molecule has 0 atom stereocenters. The van der Waals surface area contributed by atoms with Crippen LogP contribution >= 0.6 is 0 Å². The summed E-state index contributed by atoms with van der Waals surface area (Å²) in [6.07, 6.45) is 0.604. The van der Waals surface area contributed by atoms with E-state index in [2.05, 4.69) is 10.3 Å². The Balaban J connectivity index is 1.68. The molecule has 28 heavy (non-hydrogen) atoms. The topological polar surface area (TPSA) is 80.4 Å². The number of carbonyl (C=O) groups is 1. The van der Waals surface area contributed by atoms with Crippen molar-refractivity contribution in [3.05, 3.63) is 69.5 Å². The van der Waals surface area contributed by atoms with E-state index < -0.39 is 0 Å². The molecule has 3 rings (SSSR count). The summed E-state index contributed by atoms with van der Waals surface area (Å²) in [7, 11) is 3.11. The molecule has 2 aromatic carbocycles. The molecule has 1 amide bonds. The van der Waals surface area contributed by atoms with Crippen molar-refractivity contribution in [2.24, 2.45) is 0 Å². The maximum Gasteiger partial charge on any atom is 0.251 e. The molecular formula is C22H24N2O4. The first-order valence-corrected chi connectivity index (χ1v) is 9.10. The number of methoxy groups -OCH3 is 2. The van der Waals surface area contributed by atoms with E-state index in [-0.39, 0.29) is 17.9 Å². The van der Waals surface area contributed by atoms with E-state index >= 15 is 0 Å². The number of benzene rings is 2. The number of fused-ring (bicyclic) bond motifs is 1. The Hall–Kier alpha value is -3.28. The van der Waals surface area contributed by atoms with E-state index in [1.54, 1.807) is 26.4 Å². The number of rotatable bonds is 7. The maximum absolute atomic E-state index is 12.4. The van der Waals surface area contributed by atoms with E-state index in [4.69, 9.17) is 9.47 Å². The van der Waals surface area contributed by atoms with Crippen LogP contribution in [0.4, 0.5) is 0 Å². The van der Waals surface area contributed by atoms with Crippen LogP contribution in [0.3, 0.4) is 0 Å². The number of ether oxygens (including phenoxy) is 2. The molecule has 0 aliphatic rings. The van der Waals surface area contributed by atoms with Gasteiger partial charge < -0.3 is 19.8 Å². The molecule has 1 heterocycles.